The van der Waals surface area contributed by atoms with Gasteiger partial charge in [0.05, 0.1) is 12.8 Å². The van der Waals surface area contributed by atoms with Crippen molar-refractivity contribution in [3.05, 3.63) is 11.6 Å². The summed E-state index contributed by atoms with van der Waals surface area (Å²) in [6, 6.07) is -0.523. The lowest BCUT2D eigenvalue weighted by molar-refractivity contribution is -0.159. The second-order valence-corrected chi connectivity index (χ2v) is 12.5. The second kappa shape index (κ2) is 9.51. The summed E-state index contributed by atoms with van der Waals surface area (Å²) in [5.74, 6) is 0.789. The maximum absolute atomic E-state index is 12.6. The smallest absolute Gasteiger partial charge is 0.328 e. The number of carbonyl (C=O) groups excluding carboxylic acids is 3. The highest BCUT2D eigenvalue weighted by Gasteiger charge is 2.65. The number of nitrogens with zero attached hydrogens (tertiary/aromatic N) is 2. The van der Waals surface area contributed by atoms with Crippen LogP contribution in [0, 0.1) is 28.6 Å². The minimum Gasteiger partial charge on any atom is -0.467 e. The van der Waals surface area contributed by atoms with Crippen LogP contribution in [0.4, 0.5) is 0 Å². The Labute approximate surface area is 219 Å². The molecule has 0 spiro atoms. The predicted molar refractivity (Wildman–Crippen MR) is 137 cm³/mol. The van der Waals surface area contributed by atoms with E-state index in [9.17, 15) is 19.5 Å². The maximum atomic E-state index is 12.6. The number of ether oxygens (including phenoxy) is 1. The summed E-state index contributed by atoms with van der Waals surface area (Å²) < 4.78 is 4.82. The molecule has 3 saturated carbocycles. The molecule has 7 atom stereocenters. The largest absolute Gasteiger partial charge is 0.467 e. The van der Waals surface area contributed by atoms with Crippen LogP contribution in [0.5, 0.6) is 0 Å². The van der Waals surface area contributed by atoms with E-state index in [2.05, 4.69) is 25.1 Å². The van der Waals surface area contributed by atoms with E-state index in [4.69, 9.17) is 9.57 Å². The van der Waals surface area contributed by atoms with Gasteiger partial charge >= 0.3 is 5.97 Å². The Kier molecular flexibility index (Phi) is 6.78. The Bertz CT molecular complexity index is 1040. The number of aliphatic hydroxyl groups is 1. The molecule has 1 heterocycles. The van der Waals surface area contributed by atoms with E-state index in [-0.39, 0.29) is 35.1 Å². The highest BCUT2D eigenvalue weighted by molar-refractivity contribution is 5.96. The number of oxime groups is 1. The summed E-state index contributed by atoms with van der Waals surface area (Å²) in [5, 5.41) is 15.7. The number of likely N-dealkylation sites (tertiary alicyclic amines) is 1. The molecule has 5 rings (SSSR count). The number of amides is 1. The Morgan fingerprint density at radius 1 is 1.08 bits per heavy atom. The second-order valence-electron chi connectivity index (χ2n) is 12.5. The first-order valence-electron chi connectivity index (χ1n) is 14.1. The first-order valence-corrected chi connectivity index (χ1v) is 14.1. The van der Waals surface area contributed by atoms with Gasteiger partial charge in [-0.05, 0) is 100 Å². The van der Waals surface area contributed by atoms with Crippen molar-refractivity contribution in [1.29, 1.82) is 0 Å². The van der Waals surface area contributed by atoms with Crippen LogP contribution in [0.2, 0.25) is 0 Å². The molecule has 1 aliphatic heterocycles. The first kappa shape index (κ1) is 26.4. The number of methoxy groups -OCH3 is 1. The van der Waals surface area contributed by atoms with Crippen molar-refractivity contribution in [1.82, 2.24) is 4.90 Å². The van der Waals surface area contributed by atoms with Gasteiger partial charge in [-0.2, -0.15) is 0 Å². The molecule has 8 nitrogen and oxygen atoms in total. The van der Waals surface area contributed by atoms with Crippen molar-refractivity contribution in [2.75, 3.05) is 20.3 Å². The van der Waals surface area contributed by atoms with Crippen LogP contribution in [0.15, 0.2) is 16.8 Å². The highest BCUT2D eigenvalue weighted by Crippen LogP contribution is 2.67. The third-order valence-corrected chi connectivity index (χ3v) is 11.1. The molecule has 0 aromatic carbocycles. The van der Waals surface area contributed by atoms with Crippen LogP contribution < -0.4 is 0 Å². The zero-order valence-electron chi connectivity index (χ0n) is 22.8. The zero-order chi connectivity index (χ0) is 26.6. The molecule has 1 saturated heterocycles. The number of hydrogen-bond acceptors (Lipinski definition) is 7. The van der Waals surface area contributed by atoms with Crippen LogP contribution in [-0.2, 0) is 24.0 Å². The SMILES string of the molecule is COC(=O)[C@@H]1CCCN1C(=O)CON=C1C=C2CC[C@H]3[C@@H](CC[C@@]4(C)[C@@H]3CC[C@]4(O)C(C)=O)[C@@]2(C)CC1. The molecular formula is C29H42N2O6. The van der Waals surface area contributed by atoms with Gasteiger partial charge in [0.25, 0.3) is 5.91 Å². The molecule has 1 amide bonds. The molecule has 4 aliphatic carbocycles. The summed E-state index contributed by atoms with van der Waals surface area (Å²) in [5.41, 5.74) is 0.896. The van der Waals surface area contributed by atoms with Crippen molar-refractivity contribution < 1.29 is 29.1 Å². The summed E-state index contributed by atoms with van der Waals surface area (Å²) in [4.78, 5) is 44.0. The standard InChI is InChI=1S/C29H42N2O6/c1-18(32)29(35)14-11-23-21-8-7-19-16-20(9-12-27(19,2)22(21)10-13-28(23,29)3)30-37-17-25(33)31-15-5-6-24(31)26(34)36-4/h16,21-24,35H,5-15,17H2,1-4H3/t21-,22+,23+,24-,27-,28-,29-/m0/s1. The van der Waals surface area contributed by atoms with Gasteiger partial charge in [0, 0.05) is 12.0 Å². The first-order chi connectivity index (χ1) is 17.5. The van der Waals surface area contributed by atoms with Crippen LogP contribution in [-0.4, -0.2) is 65.3 Å². The summed E-state index contributed by atoms with van der Waals surface area (Å²) >= 11 is 0. The Hall–Kier alpha value is -2.22. The summed E-state index contributed by atoms with van der Waals surface area (Å²) in [6.45, 7) is 6.47. The van der Waals surface area contributed by atoms with Gasteiger partial charge in [0.2, 0.25) is 0 Å². The lowest BCUT2D eigenvalue weighted by Gasteiger charge is -2.59. The number of carbonyl (C=O) groups is 3. The topological polar surface area (TPSA) is 106 Å². The van der Waals surface area contributed by atoms with E-state index in [1.54, 1.807) is 6.92 Å². The van der Waals surface area contributed by atoms with Crippen molar-refractivity contribution in [3.63, 3.8) is 0 Å². The van der Waals surface area contributed by atoms with Crippen LogP contribution >= 0.6 is 0 Å². The minimum absolute atomic E-state index is 0.0684. The van der Waals surface area contributed by atoms with Gasteiger partial charge in [-0.15, -0.1) is 0 Å². The van der Waals surface area contributed by atoms with E-state index in [1.807, 2.05) is 0 Å². The van der Waals surface area contributed by atoms with Crippen molar-refractivity contribution >= 4 is 23.4 Å². The normalized spacial score (nSPS) is 41.9. The van der Waals surface area contributed by atoms with Gasteiger partial charge in [-0.25, -0.2) is 4.79 Å². The van der Waals surface area contributed by atoms with Gasteiger partial charge < -0.3 is 19.6 Å². The Morgan fingerprint density at radius 2 is 1.84 bits per heavy atom. The third kappa shape index (κ3) is 4.05. The number of hydrogen-bond donors (Lipinski definition) is 1. The summed E-state index contributed by atoms with van der Waals surface area (Å²) in [7, 11) is 1.34. The lowest BCUT2D eigenvalue weighted by Crippen LogP contribution is -2.57. The monoisotopic (exact) mass is 514 g/mol. The average Bonchev–Trinajstić information content (AvgIpc) is 3.47. The number of Topliss-reactive ketones (excluding diaryl/α,β-unsaturated/α-hetero) is 1. The summed E-state index contributed by atoms with van der Waals surface area (Å²) in [6.07, 6.45) is 10.9. The van der Waals surface area contributed by atoms with E-state index < -0.39 is 11.6 Å². The number of allylic oxidation sites excluding steroid dienone is 2. The van der Waals surface area contributed by atoms with E-state index in [0.717, 1.165) is 57.1 Å². The average molecular weight is 515 g/mol. The van der Waals surface area contributed by atoms with E-state index in [0.29, 0.717) is 37.1 Å². The molecule has 0 aromatic rings. The molecular weight excluding hydrogens is 472 g/mol. The number of esters is 1. The lowest BCUT2D eigenvalue weighted by atomic mass is 9.46. The van der Waals surface area contributed by atoms with Crippen molar-refractivity contribution in [3.8, 4) is 0 Å². The fourth-order valence-electron chi connectivity index (χ4n) is 8.94. The van der Waals surface area contributed by atoms with Crippen LogP contribution in [0.1, 0.15) is 85.0 Å². The predicted octanol–water partition coefficient (Wildman–Crippen LogP) is 3.81. The molecule has 0 aromatic heterocycles. The molecule has 4 fully saturated rings. The van der Waals surface area contributed by atoms with E-state index >= 15 is 0 Å². The Balaban J connectivity index is 1.25. The quantitative estimate of drug-likeness (QED) is 0.442. The fourth-order valence-corrected chi connectivity index (χ4v) is 8.94. The molecule has 37 heavy (non-hydrogen) atoms. The minimum atomic E-state index is -1.17. The number of rotatable bonds is 5. The molecule has 0 bridgehead atoms. The van der Waals surface area contributed by atoms with Gasteiger partial charge in [0.15, 0.2) is 12.4 Å². The highest BCUT2D eigenvalue weighted by atomic mass is 16.6. The molecule has 0 unspecified atom stereocenters. The number of fused-ring (bicyclic) bond motifs is 5. The molecule has 8 heteroatoms. The zero-order valence-corrected chi connectivity index (χ0v) is 22.8. The molecule has 1 N–H and O–H groups in total. The molecule has 0 radical (unpaired) electrons. The fraction of sp³-hybridized carbons (Fsp3) is 0.793. The maximum Gasteiger partial charge on any atom is 0.328 e. The van der Waals surface area contributed by atoms with Crippen molar-refractivity contribution in [2.24, 2.45) is 33.7 Å². The third-order valence-electron chi connectivity index (χ3n) is 11.1. The van der Waals surface area contributed by atoms with E-state index in [1.165, 1.54) is 17.6 Å². The number of ketones is 1. The van der Waals surface area contributed by atoms with Gasteiger partial charge in [-0.3, -0.25) is 9.59 Å². The van der Waals surface area contributed by atoms with Gasteiger partial charge in [0.1, 0.15) is 11.6 Å². The van der Waals surface area contributed by atoms with Gasteiger partial charge in [-0.1, -0.05) is 24.6 Å². The van der Waals surface area contributed by atoms with Crippen LogP contribution in [0.25, 0.3) is 0 Å². The molecule has 5 aliphatic rings. The van der Waals surface area contributed by atoms with Crippen molar-refractivity contribution in [2.45, 2.75) is 96.6 Å². The van der Waals surface area contributed by atoms with Crippen LogP contribution in [0.3, 0.4) is 0 Å². The molecule has 204 valence electrons. The Morgan fingerprint density at radius 3 is 2.57 bits per heavy atom.